The van der Waals surface area contributed by atoms with Gasteiger partial charge in [-0.2, -0.15) is 0 Å². The van der Waals surface area contributed by atoms with E-state index in [2.05, 4.69) is 0 Å². The fraction of sp³-hybridized carbons (Fsp3) is 0.348. The second-order valence-corrected chi connectivity index (χ2v) is 8.13. The molecule has 2 heterocycles. The Labute approximate surface area is 174 Å². The predicted octanol–water partition coefficient (Wildman–Crippen LogP) is 3.70. The number of hydrogen-bond acceptors (Lipinski definition) is 6. The zero-order valence-corrected chi connectivity index (χ0v) is 16.8. The highest BCUT2D eigenvalue weighted by molar-refractivity contribution is 6.03. The molecule has 7 nitrogen and oxygen atoms in total. The number of benzene rings is 2. The summed E-state index contributed by atoms with van der Waals surface area (Å²) in [7, 11) is 0. The molecule has 2 aromatic carbocycles. The molecule has 7 heteroatoms. The number of nitrogens with zero attached hydrogens (tertiary/aromatic N) is 1. The van der Waals surface area contributed by atoms with Crippen LogP contribution in [0.5, 0.6) is 0 Å². The molecule has 30 heavy (non-hydrogen) atoms. The van der Waals surface area contributed by atoms with Crippen molar-refractivity contribution in [1.82, 2.24) is 4.90 Å². The molecule has 0 spiro atoms. The Hall–Kier alpha value is -3.19. The van der Waals surface area contributed by atoms with Gasteiger partial charge in [0.15, 0.2) is 6.10 Å². The molecule has 2 saturated heterocycles. The summed E-state index contributed by atoms with van der Waals surface area (Å²) >= 11 is 0. The van der Waals surface area contributed by atoms with Gasteiger partial charge >= 0.3 is 12.1 Å². The summed E-state index contributed by atoms with van der Waals surface area (Å²) in [5.41, 5.74) is 0.624. The smallest absolute Gasteiger partial charge is 0.419 e. The number of esters is 1. The second-order valence-electron chi connectivity index (χ2n) is 8.13. The van der Waals surface area contributed by atoms with E-state index in [-0.39, 0.29) is 13.0 Å². The highest BCUT2D eigenvalue weighted by Crippen LogP contribution is 2.37. The van der Waals surface area contributed by atoms with E-state index in [1.807, 2.05) is 44.2 Å². The Kier molecular flexibility index (Phi) is 5.30. The van der Waals surface area contributed by atoms with Crippen LogP contribution < -0.4 is 0 Å². The van der Waals surface area contributed by atoms with E-state index in [4.69, 9.17) is 14.2 Å². The molecule has 0 unspecified atom stereocenters. The molecular formula is C23H23NO6. The average Bonchev–Trinajstić information content (AvgIpc) is 3.01. The van der Waals surface area contributed by atoms with Crippen LogP contribution in [0.3, 0.4) is 0 Å². The number of carbonyl (C=O) groups is 3. The number of ether oxygens (including phenoxy) is 3. The molecule has 2 amide bonds. The third-order valence-corrected chi connectivity index (χ3v) is 5.38. The molecular weight excluding hydrogens is 386 g/mol. The van der Waals surface area contributed by atoms with E-state index >= 15 is 0 Å². The van der Waals surface area contributed by atoms with Gasteiger partial charge in [0, 0.05) is 17.4 Å². The van der Waals surface area contributed by atoms with Crippen molar-refractivity contribution in [2.75, 3.05) is 6.61 Å². The minimum atomic E-state index is -0.975. The molecule has 0 saturated carbocycles. The first-order chi connectivity index (χ1) is 14.4. The summed E-state index contributed by atoms with van der Waals surface area (Å²) in [6.07, 6.45) is -2.42. The Bertz CT molecular complexity index is 943. The van der Waals surface area contributed by atoms with Crippen LogP contribution in [0.4, 0.5) is 4.79 Å². The molecule has 2 aliphatic heterocycles. The fourth-order valence-electron chi connectivity index (χ4n) is 3.74. The van der Waals surface area contributed by atoms with Gasteiger partial charge in [-0.3, -0.25) is 4.79 Å². The van der Waals surface area contributed by atoms with Crippen molar-refractivity contribution in [3.8, 4) is 0 Å². The molecule has 0 N–H and O–H groups in total. The number of cyclic esters (lactones) is 2. The van der Waals surface area contributed by atoms with E-state index in [0.717, 1.165) is 10.5 Å². The van der Waals surface area contributed by atoms with Crippen molar-refractivity contribution < 1.29 is 28.6 Å². The Morgan fingerprint density at radius 1 is 1.03 bits per heavy atom. The maximum atomic E-state index is 13.1. The largest absolute Gasteiger partial charge is 0.463 e. The molecule has 0 bridgehead atoms. The van der Waals surface area contributed by atoms with Gasteiger partial charge in [0.05, 0.1) is 12.6 Å². The SMILES string of the molecule is CC1(C)COC(=O)[C@@H]1O[C@H]1C[C@H](c2ccccc2)N(C(=O)c2ccccc2)C(=O)O1. The standard InChI is InChI=1S/C23H23NO6/c1-23(2)14-28-21(26)19(23)29-18-13-17(15-9-5-3-6-10-15)24(22(27)30-18)20(25)16-11-7-4-8-12-16/h3-12,17-19H,13-14H2,1-2H3/t17-,18-,19+/m1/s1. The summed E-state index contributed by atoms with van der Waals surface area (Å²) in [5, 5.41) is 0. The molecule has 0 aromatic heterocycles. The van der Waals surface area contributed by atoms with Crippen LogP contribution in [-0.2, 0) is 19.0 Å². The van der Waals surface area contributed by atoms with Gasteiger partial charge in [-0.25, -0.2) is 14.5 Å². The van der Waals surface area contributed by atoms with Crippen molar-refractivity contribution >= 4 is 18.0 Å². The minimum Gasteiger partial charge on any atom is -0.463 e. The van der Waals surface area contributed by atoms with Crippen molar-refractivity contribution in [3.63, 3.8) is 0 Å². The monoisotopic (exact) mass is 409 g/mol. The summed E-state index contributed by atoms with van der Waals surface area (Å²) in [6, 6.07) is 17.2. The Morgan fingerprint density at radius 3 is 2.27 bits per heavy atom. The molecule has 2 fully saturated rings. The Morgan fingerprint density at radius 2 is 1.67 bits per heavy atom. The van der Waals surface area contributed by atoms with Crippen LogP contribution in [0.15, 0.2) is 60.7 Å². The summed E-state index contributed by atoms with van der Waals surface area (Å²) in [4.78, 5) is 39.2. The highest BCUT2D eigenvalue weighted by atomic mass is 16.7. The van der Waals surface area contributed by atoms with Gasteiger partial charge in [0.1, 0.15) is 0 Å². The zero-order chi connectivity index (χ0) is 21.3. The lowest BCUT2D eigenvalue weighted by atomic mass is 9.89. The third-order valence-electron chi connectivity index (χ3n) is 5.38. The van der Waals surface area contributed by atoms with Gasteiger partial charge in [0.2, 0.25) is 6.29 Å². The summed E-state index contributed by atoms with van der Waals surface area (Å²) < 4.78 is 16.4. The van der Waals surface area contributed by atoms with Crippen LogP contribution in [0, 0.1) is 5.41 Å². The topological polar surface area (TPSA) is 82.1 Å². The number of amides is 2. The quantitative estimate of drug-likeness (QED) is 0.716. The van der Waals surface area contributed by atoms with Crippen molar-refractivity contribution in [1.29, 1.82) is 0 Å². The lowest BCUT2D eigenvalue weighted by molar-refractivity contribution is -0.191. The van der Waals surface area contributed by atoms with Gasteiger partial charge < -0.3 is 14.2 Å². The normalized spacial score (nSPS) is 25.5. The fourth-order valence-corrected chi connectivity index (χ4v) is 3.74. The maximum Gasteiger partial charge on any atom is 0.419 e. The molecule has 2 aliphatic rings. The molecule has 4 rings (SSSR count). The molecule has 2 aromatic rings. The molecule has 0 radical (unpaired) electrons. The first-order valence-electron chi connectivity index (χ1n) is 9.83. The van der Waals surface area contributed by atoms with Crippen LogP contribution in [0.2, 0.25) is 0 Å². The van der Waals surface area contributed by atoms with Crippen LogP contribution in [-0.4, -0.2) is 41.9 Å². The van der Waals surface area contributed by atoms with Gasteiger partial charge in [-0.05, 0) is 17.7 Å². The highest BCUT2D eigenvalue weighted by Gasteiger charge is 2.49. The van der Waals surface area contributed by atoms with E-state index in [1.165, 1.54) is 0 Å². The van der Waals surface area contributed by atoms with E-state index in [0.29, 0.717) is 5.56 Å². The number of carbonyl (C=O) groups excluding carboxylic acids is 3. The molecule has 3 atom stereocenters. The summed E-state index contributed by atoms with van der Waals surface area (Å²) in [6.45, 7) is 3.94. The van der Waals surface area contributed by atoms with Gasteiger partial charge in [-0.15, -0.1) is 0 Å². The van der Waals surface area contributed by atoms with Gasteiger partial charge in [0.25, 0.3) is 5.91 Å². The first kappa shape index (κ1) is 20.1. The van der Waals surface area contributed by atoms with E-state index < -0.39 is 41.8 Å². The van der Waals surface area contributed by atoms with Crippen LogP contribution in [0.1, 0.15) is 42.2 Å². The third kappa shape index (κ3) is 3.80. The first-order valence-corrected chi connectivity index (χ1v) is 9.83. The molecule has 156 valence electrons. The van der Waals surface area contributed by atoms with E-state index in [1.54, 1.807) is 30.3 Å². The Balaban J connectivity index is 1.62. The molecule has 0 aliphatic carbocycles. The predicted molar refractivity (Wildman–Crippen MR) is 106 cm³/mol. The average molecular weight is 409 g/mol. The second kappa shape index (κ2) is 7.91. The summed E-state index contributed by atoms with van der Waals surface area (Å²) in [5.74, 6) is -0.927. The van der Waals surface area contributed by atoms with Crippen molar-refractivity contribution in [2.24, 2.45) is 5.41 Å². The maximum absolute atomic E-state index is 13.1. The van der Waals surface area contributed by atoms with Crippen molar-refractivity contribution in [3.05, 3.63) is 71.8 Å². The number of imide groups is 1. The van der Waals surface area contributed by atoms with Crippen LogP contribution in [0.25, 0.3) is 0 Å². The lowest BCUT2D eigenvalue weighted by Crippen LogP contribution is -2.50. The zero-order valence-electron chi connectivity index (χ0n) is 16.8. The lowest BCUT2D eigenvalue weighted by Gasteiger charge is -2.38. The van der Waals surface area contributed by atoms with Gasteiger partial charge in [-0.1, -0.05) is 62.4 Å². The van der Waals surface area contributed by atoms with Crippen molar-refractivity contribution in [2.45, 2.75) is 38.7 Å². The minimum absolute atomic E-state index is 0.203. The van der Waals surface area contributed by atoms with Crippen LogP contribution >= 0.6 is 0 Å². The van der Waals surface area contributed by atoms with E-state index in [9.17, 15) is 14.4 Å². The number of hydrogen-bond donors (Lipinski definition) is 0. The number of rotatable bonds is 4.